The van der Waals surface area contributed by atoms with Crippen LogP contribution in [-0.4, -0.2) is 0 Å². The van der Waals surface area contributed by atoms with Gasteiger partial charge in [0.1, 0.15) is 0 Å². The van der Waals surface area contributed by atoms with Crippen molar-refractivity contribution in [3.63, 3.8) is 0 Å². The molecule has 23 heavy (non-hydrogen) atoms. The summed E-state index contributed by atoms with van der Waals surface area (Å²) in [4.78, 5) is 0. The van der Waals surface area contributed by atoms with Gasteiger partial charge in [0, 0.05) is 155 Å². The summed E-state index contributed by atoms with van der Waals surface area (Å²) in [6, 6.07) is 0. The molecule has 3 aliphatic rings. The van der Waals surface area contributed by atoms with Crippen LogP contribution in [0.25, 0.3) is 0 Å². The van der Waals surface area contributed by atoms with E-state index >= 15 is 0 Å². The first-order chi connectivity index (χ1) is 8.88. The number of fused-ring (bicyclic) bond motifs is 3. The van der Waals surface area contributed by atoms with E-state index < -0.39 is 0 Å². The fourth-order valence-corrected chi connectivity index (χ4v) is 4.75. The summed E-state index contributed by atoms with van der Waals surface area (Å²) >= 11 is 0. The van der Waals surface area contributed by atoms with E-state index in [1.165, 1.54) is 38.5 Å². The molecule has 3 aliphatic carbocycles. The molecule has 0 nitrogen and oxygen atoms in total. The van der Waals surface area contributed by atoms with E-state index in [1.807, 2.05) is 33.6 Å². The van der Waals surface area contributed by atoms with Crippen LogP contribution in [0, 0.1) is 143 Å². The van der Waals surface area contributed by atoms with E-state index in [4.69, 9.17) is 0 Å². The normalized spacial score (nSPS) is 30.1. The van der Waals surface area contributed by atoms with E-state index in [-0.39, 0.29) is 155 Å². The van der Waals surface area contributed by atoms with Gasteiger partial charge >= 0.3 is 0 Å². The smallest absolute Gasteiger partial charge is 0 e. The SMILES string of the molecule is CC.CC.C[C-]1C2CCCCC2C2CCCCC12.[Ar].[Ar].[Ar].[W].[W]. The van der Waals surface area contributed by atoms with Gasteiger partial charge in [-0.05, 0) is 0 Å². The Labute approximate surface area is 265 Å². The quantitative estimate of drug-likeness (QED) is 0.258. The van der Waals surface area contributed by atoms with Gasteiger partial charge in [-0.25, -0.2) is 0 Å². The minimum atomic E-state index is 0. The Balaban J connectivity index is -0.000000112. The molecule has 0 bridgehead atoms. The molecule has 0 spiro atoms. The second kappa shape index (κ2) is 23.4. The fraction of sp³-hybridized carbons (Fsp3) is 0.944. The van der Waals surface area contributed by atoms with Gasteiger partial charge in [-0.15, -0.1) is 0 Å². The van der Waals surface area contributed by atoms with Crippen LogP contribution in [0.3, 0.4) is 0 Å². The maximum absolute atomic E-state index is 2.49. The molecule has 0 saturated heterocycles. The first-order valence-electron chi connectivity index (χ1n) is 8.71. The van der Waals surface area contributed by atoms with Crippen molar-refractivity contribution < 1.29 is 155 Å². The van der Waals surface area contributed by atoms with Crippen molar-refractivity contribution in [3.05, 3.63) is 5.92 Å². The first-order valence-corrected chi connectivity index (χ1v) is 8.71. The Kier molecular flexibility index (Phi) is 39.5. The maximum Gasteiger partial charge on any atom is 0 e. The Morgan fingerprint density at radius 3 is 1.13 bits per heavy atom. The summed E-state index contributed by atoms with van der Waals surface area (Å²) in [6.07, 6.45) is 12.3. The van der Waals surface area contributed by atoms with Gasteiger partial charge in [-0.3, -0.25) is 0 Å². The van der Waals surface area contributed by atoms with Crippen molar-refractivity contribution in [1.29, 1.82) is 0 Å². The van der Waals surface area contributed by atoms with Crippen molar-refractivity contribution in [2.45, 2.75) is 86.0 Å². The molecule has 0 amide bonds. The molecule has 0 aromatic rings. The van der Waals surface area contributed by atoms with Gasteiger partial charge in [-0.1, -0.05) is 90.9 Å². The third kappa shape index (κ3) is 11.2. The van der Waals surface area contributed by atoms with Crippen molar-refractivity contribution in [3.8, 4) is 0 Å². The molecule has 0 N–H and O–H groups in total. The minimum Gasteiger partial charge on any atom is -0.310 e. The summed E-state index contributed by atoms with van der Waals surface area (Å²) in [6.45, 7) is 10.5. The average molecular weight is 739 g/mol. The maximum atomic E-state index is 2.49. The molecule has 0 aromatic heterocycles. The Hall–Kier alpha value is 5.16. The summed E-state index contributed by atoms with van der Waals surface area (Å²) in [5, 5.41) is 0. The second-order valence-corrected chi connectivity index (χ2v) is 5.85. The first kappa shape index (κ1) is 38.7. The molecule has 0 heterocycles. The molecule has 0 radical (unpaired) electrons. The predicted octanol–water partition coefficient (Wildman–Crippen LogP) is 6.25. The topological polar surface area (TPSA) is 0 Å². The molecule has 0 aromatic carbocycles. The molecule has 3 rings (SSSR count). The number of hydrogen-bond donors (Lipinski definition) is 0. The minimum absolute atomic E-state index is 0. The van der Waals surface area contributed by atoms with E-state index in [1.54, 1.807) is 12.8 Å². The van der Waals surface area contributed by atoms with Crippen LogP contribution in [0.15, 0.2) is 0 Å². The largest absolute Gasteiger partial charge is 0.310 e. The second-order valence-electron chi connectivity index (χ2n) is 5.85. The zero-order valence-corrected chi connectivity index (χ0v) is 23.3. The van der Waals surface area contributed by atoms with E-state index in [0.717, 1.165) is 23.7 Å². The van der Waals surface area contributed by atoms with Crippen LogP contribution in [0.1, 0.15) is 86.0 Å². The van der Waals surface area contributed by atoms with Crippen LogP contribution in [0.4, 0.5) is 0 Å². The molecule has 3 saturated carbocycles. The van der Waals surface area contributed by atoms with Crippen LogP contribution in [0.2, 0.25) is 0 Å². The average Bonchev–Trinajstić information content (AvgIpc) is 2.78. The fourth-order valence-electron chi connectivity index (χ4n) is 4.75. The third-order valence-corrected chi connectivity index (χ3v) is 5.36. The predicted molar refractivity (Wildman–Crippen MR) is 82.5 cm³/mol. The molecule has 4 unspecified atom stereocenters. The van der Waals surface area contributed by atoms with Gasteiger partial charge < -0.3 is 5.92 Å². The van der Waals surface area contributed by atoms with E-state index in [2.05, 4.69) is 6.92 Å². The molecular weight excluding hydrogens is 704 g/mol. The van der Waals surface area contributed by atoms with Gasteiger partial charge in [0.05, 0.1) is 0 Å². The van der Waals surface area contributed by atoms with Crippen molar-refractivity contribution in [1.82, 2.24) is 0 Å². The Morgan fingerprint density at radius 2 is 0.826 bits per heavy atom. The zero-order valence-electron chi connectivity index (χ0n) is 15.3. The molecule has 144 valence electrons. The molecule has 4 atom stereocenters. The summed E-state index contributed by atoms with van der Waals surface area (Å²) < 4.78 is 0. The van der Waals surface area contributed by atoms with Crippen LogP contribution >= 0.6 is 0 Å². The van der Waals surface area contributed by atoms with E-state index in [9.17, 15) is 0 Å². The monoisotopic (exact) mass is 739 g/mol. The molecular formula is C18H35Ar3W2-. The summed E-state index contributed by atoms with van der Waals surface area (Å²) in [5.74, 6) is 6.26. The Morgan fingerprint density at radius 1 is 0.565 bits per heavy atom. The van der Waals surface area contributed by atoms with Crippen LogP contribution in [-0.2, 0) is 42.1 Å². The van der Waals surface area contributed by atoms with Crippen molar-refractivity contribution >= 4 is 0 Å². The van der Waals surface area contributed by atoms with Gasteiger partial charge in [0.15, 0.2) is 0 Å². The van der Waals surface area contributed by atoms with Gasteiger partial charge in [0.25, 0.3) is 0 Å². The van der Waals surface area contributed by atoms with E-state index in [0.29, 0.717) is 0 Å². The van der Waals surface area contributed by atoms with Crippen molar-refractivity contribution in [2.75, 3.05) is 0 Å². The third-order valence-electron chi connectivity index (χ3n) is 5.36. The van der Waals surface area contributed by atoms with Gasteiger partial charge in [0.2, 0.25) is 0 Å². The van der Waals surface area contributed by atoms with Crippen LogP contribution < -0.4 is 0 Å². The molecule has 5 heteroatoms. The zero-order chi connectivity index (χ0) is 13.5. The number of hydrogen-bond acceptors (Lipinski definition) is 0. The van der Waals surface area contributed by atoms with Crippen molar-refractivity contribution in [2.24, 2.45) is 23.7 Å². The summed E-state index contributed by atoms with van der Waals surface area (Å²) in [7, 11) is 0. The van der Waals surface area contributed by atoms with Gasteiger partial charge in [-0.2, -0.15) is 18.8 Å². The number of rotatable bonds is 0. The molecule has 0 aliphatic heterocycles. The molecule has 3 fully saturated rings. The van der Waals surface area contributed by atoms with Crippen LogP contribution in [0.5, 0.6) is 0 Å². The summed E-state index contributed by atoms with van der Waals surface area (Å²) in [5.41, 5.74) is 0. The Bertz CT molecular complexity index is 208. The standard InChI is InChI=1S/C14H23.2C2H6.3Ar.2W/c1-10-11-6-2-4-8-13(11)14-9-5-3-7-12(10)14;2*1-2;;;;;/h11-14H,2-9H2,1H3;2*1-2H3;;;;;/q-1;;;;;;;.